The van der Waals surface area contributed by atoms with Gasteiger partial charge in [0.15, 0.2) is 0 Å². The maximum Gasteiger partial charge on any atom is 0.214 e. The molecule has 3 nitrogen and oxygen atoms in total. The van der Waals surface area contributed by atoms with E-state index in [-0.39, 0.29) is 11.3 Å². The first-order valence-corrected chi connectivity index (χ1v) is 6.84. The van der Waals surface area contributed by atoms with Crippen LogP contribution in [-0.4, -0.2) is 31.7 Å². The molecule has 0 aromatic rings. The first-order chi connectivity index (χ1) is 5.40. The lowest BCUT2D eigenvalue weighted by atomic mass is 10.4. The van der Waals surface area contributed by atoms with Gasteiger partial charge in [0, 0.05) is 11.8 Å². The van der Waals surface area contributed by atoms with Crippen molar-refractivity contribution in [3.8, 4) is 0 Å². The number of rotatable bonds is 5. The Kier molecular flexibility index (Phi) is 5.20. The highest BCUT2D eigenvalue weighted by Gasteiger charge is 2.17. The largest absolute Gasteiger partial charge is 0.214 e. The van der Waals surface area contributed by atoms with Gasteiger partial charge in [0.2, 0.25) is 10.0 Å². The molecule has 0 aromatic heterocycles. The molecule has 12 heavy (non-hydrogen) atoms. The fourth-order valence-electron chi connectivity index (χ4n) is 0.701. The van der Waals surface area contributed by atoms with Gasteiger partial charge < -0.3 is 0 Å². The van der Waals surface area contributed by atoms with E-state index in [9.17, 15) is 8.42 Å². The van der Waals surface area contributed by atoms with Crippen molar-refractivity contribution >= 4 is 21.8 Å². The van der Waals surface area contributed by atoms with Gasteiger partial charge >= 0.3 is 0 Å². The molecule has 0 rings (SSSR count). The van der Waals surface area contributed by atoms with Gasteiger partial charge in [0.1, 0.15) is 0 Å². The van der Waals surface area contributed by atoms with Crippen LogP contribution in [0.25, 0.3) is 0 Å². The van der Waals surface area contributed by atoms with E-state index in [4.69, 9.17) is 0 Å². The molecule has 1 unspecified atom stereocenters. The van der Waals surface area contributed by atoms with Crippen LogP contribution in [0.1, 0.15) is 20.8 Å². The molecule has 74 valence electrons. The molecule has 0 aliphatic rings. The van der Waals surface area contributed by atoms with Gasteiger partial charge in [-0.25, -0.2) is 13.1 Å². The number of nitrogens with one attached hydrogen (secondary N) is 1. The standard InChI is InChI=1S/C7H17NO2S2/c1-6(2)12(9,10)8-7(3)5-11-4/h6-8H,5H2,1-4H3. The van der Waals surface area contributed by atoms with Crippen LogP contribution in [-0.2, 0) is 10.0 Å². The van der Waals surface area contributed by atoms with Crippen LogP contribution in [0.3, 0.4) is 0 Å². The molecule has 0 saturated carbocycles. The Labute approximate surface area is 79.4 Å². The zero-order valence-electron chi connectivity index (χ0n) is 7.99. The summed E-state index contributed by atoms with van der Waals surface area (Å²) in [4.78, 5) is 0. The SMILES string of the molecule is CSCC(C)NS(=O)(=O)C(C)C. The lowest BCUT2D eigenvalue weighted by Gasteiger charge is -2.14. The van der Waals surface area contributed by atoms with E-state index in [1.807, 2.05) is 13.2 Å². The van der Waals surface area contributed by atoms with Gasteiger partial charge in [-0.15, -0.1) is 0 Å². The Hall–Kier alpha value is 0.260. The molecule has 0 amide bonds. The smallest absolute Gasteiger partial charge is 0.212 e. The molecule has 0 fully saturated rings. The summed E-state index contributed by atoms with van der Waals surface area (Å²) >= 11 is 1.64. The van der Waals surface area contributed by atoms with Crippen LogP contribution >= 0.6 is 11.8 Å². The normalized spacial score (nSPS) is 15.1. The lowest BCUT2D eigenvalue weighted by molar-refractivity contribution is 0.562. The monoisotopic (exact) mass is 211 g/mol. The molecule has 0 aliphatic heterocycles. The van der Waals surface area contributed by atoms with Gasteiger partial charge in [-0.3, -0.25) is 0 Å². The van der Waals surface area contributed by atoms with Crippen LogP contribution < -0.4 is 4.72 Å². The Morgan fingerprint density at radius 1 is 1.33 bits per heavy atom. The summed E-state index contributed by atoms with van der Waals surface area (Å²) in [5.41, 5.74) is 0. The molecule has 0 aliphatic carbocycles. The Morgan fingerprint density at radius 3 is 2.17 bits per heavy atom. The number of hydrogen-bond acceptors (Lipinski definition) is 3. The first kappa shape index (κ1) is 12.3. The predicted octanol–water partition coefficient (Wildman–Crippen LogP) is 1.07. The minimum Gasteiger partial charge on any atom is -0.212 e. The van der Waals surface area contributed by atoms with Gasteiger partial charge in [-0.1, -0.05) is 0 Å². The lowest BCUT2D eigenvalue weighted by Crippen LogP contribution is -2.38. The Bertz CT molecular complexity index is 211. The highest BCUT2D eigenvalue weighted by Crippen LogP contribution is 2.01. The molecule has 1 N–H and O–H groups in total. The summed E-state index contributed by atoms with van der Waals surface area (Å²) in [7, 11) is -3.08. The van der Waals surface area contributed by atoms with Crippen LogP contribution in [0.15, 0.2) is 0 Å². The van der Waals surface area contributed by atoms with E-state index in [2.05, 4.69) is 4.72 Å². The van der Waals surface area contributed by atoms with Crippen molar-refractivity contribution in [1.82, 2.24) is 4.72 Å². The number of hydrogen-bond donors (Lipinski definition) is 1. The van der Waals surface area contributed by atoms with E-state index in [1.54, 1.807) is 25.6 Å². The Morgan fingerprint density at radius 2 is 1.83 bits per heavy atom. The van der Waals surface area contributed by atoms with Crippen molar-refractivity contribution < 1.29 is 8.42 Å². The second kappa shape index (κ2) is 5.09. The number of thioether (sulfide) groups is 1. The average Bonchev–Trinajstić information content (AvgIpc) is 1.85. The van der Waals surface area contributed by atoms with Crippen LogP contribution in [0, 0.1) is 0 Å². The van der Waals surface area contributed by atoms with Crippen LogP contribution in [0.5, 0.6) is 0 Å². The van der Waals surface area contributed by atoms with Crippen molar-refractivity contribution in [2.45, 2.75) is 32.1 Å². The maximum absolute atomic E-state index is 11.3. The van der Waals surface area contributed by atoms with E-state index >= 15 is 0 Å². The van der Waals surface area contributed by atoms with E-state index in [0.29, 0.717) is 0 Å². The van der Waals surface area contributed by atoms with Crippen LogP contribution in [0.2, 0.25) is 0 Å². The molecule has 5 heteroatoms. The fourth-order valence-corrected chi connectivity index (χ4v) is 2.31. The van der Waals surface area contributed by atoms with Crippen molar-refractivity contribution in [3.05, 3.63) is 0 Å². The molecule has 0 aromatic carbocycles. The fraction of sp³-hybridized carbons (Fsp3) is 1.00. The van der Waals surface area contributed by atoms with Crippen LogP contribution in [0.4, 0.5) is 0 Å². The summed E-state index contributed by atoms with van der Waals surface area (Å²) in [6, 6.07) is 0.0207. The first-order valence-electron chi connectivity index (χ1n) is 3.90. The molecular weight excluding hydrogens is 194 g/mol. The molecule has 1 atom stereocenters. The summed E-state index contributed by atoms with van der Waals surface area (Å²) in [5, 5.41) is -0.346. The van der Waals surface area contributed by atoms with Crippen molar-refractivity contribution in [1.29, 1.82) is 0 Å². The zero-order valence-corrected chi connectivity index (χ0v) is 9.63. The summed E-state index contributed by atoms with van der Waals surface area (Å²) in [5.74, 6) is 0.811. The predicted molar refractivity (Wildman–Crippen MR) is 55.0 cm³/mol. The third-order valence-corrected chi connectivity index (χ3v) is 4.21. The molecular formula is C7H17NO2S2. The summed E-state index contributed by atoms with van der Waals surface area (Å²) < 4.78 is 25.2. The molecule has 0 spiro atoms. The third kappa shape index (κ3) is 4.33. The molecule has 0 saturated heterocycles. The van der Waals surface area contributed by atoms with E-state index < -0.39 is 10.0 Å². The van der Waals surface area contributed by atoms with Gasteiger partial charge in [-0.2, -0.15) is 11.8 Å². The van der Waals surface area contributed by atoms with Gasteiger partial charge in [-0.05, 0) is 27.0 Å². The molecule has 0 heterocycles. The number of sulfonamides is 1. The average molecular weight is 211 g/mol. The maximum atomic E-state index is 11.3. The third-order valence-electron chi connectivity index (χ3n) is 1.40. The van der Waals surface area contributed by atoms with Crippen molar-refractivity contribution in [2.75, 3.05) is 12.0 Å². The second-order valence-electron chi connectivity index (χ2n) is 3.07. The quantitative estimate of drug-likeness (QED) is 0.740. The second-order valence-corrected chi connectivity index (χ2v) is 6.25. The molecule has 0 bridgehead atoms. The van der Waals surface area contributed by atoms with Crippen molar-refractivity contribution in [3.63, 3.8) is 0 Å². The van der Waals surface area contributed by atoms with E-state index in [1.165, 1.54) is 0 Å². The molecule has 0 radical (unpaired) electrons. The summed E-state index contributed by atoms with van der Waals surface area (Å²) in [6.45, 7) is 5.22. The zero-order chi connectivity index (χ0) is 9.78. The van der Waals surface area contributed by atoms with Crippen molar-refractivity contribution in [2.24, 2.45) is 0 Å². The highest BCUT2D eigenvalue weighted by atomic mass is 32.2. The minimum atomic E-state index is -3.08. The Balaban J connectivity index is 4.07. The topological polar surface area (TPSA) is 46.2 Å². The van der Waals surface area contributed by atoms with Gasteiger partial charge in [0.25, 0.3) is 0 Å². The summed E-state index contributed by atoms with van der Waals surface area (Å²) in [6.07, 6.45) is 1.96. The highest BCUT2D eigenvalue weighted by molar-refractivity contribution is 7.98. The van der Waals surface area contributed by atoms with Gasteiger partial charge in [0.05, 0.1) is 5.25 Å². The minimum absolute atomic E-state index is 0.0207. The van der Waals surface area contributed by atoms with E-state index in [0.717, 1.165) is 5.75 Å².